The Kier molecular flexibility index (Phi) is 5.15. The highest BCUT2D eigenvalue weighted by atomic mass is 79.9. The van der Waals surface area contributed by atoms with Crippen LogP contribution in [-0.4, -0.2) is 23.6 Å². The number of aromatic nitrogens is 1. The number of fused-ring (bicyclic) bond motifs is 1. The summed E-state index contributed by atoms with van der Waals surface area (Å²) in [5, 5.41) is 0. The number of halogens is 1. The SMILES string of the molecule is CCn1c(=NC(=O)c2ccc(C(=O)OC)cc2)sc2cccc(Br)c21. The van der Waals surface area contributed by atoms with Gasteiger partial charge < -0.3 is 9.30 Å². The van der Waals surface area contributed by atoms with Gasteiger partial charge in [0.15, 0.2) is 4.80 Å². The lowest BCUT2D eigenvalue weighted by Gasteiger charge is -2.02. The van der Waals surface area contributed by atoms with Gasteiger partial charge in [0.05, 0.1) is 22.9 Å². The van der Waals surface area contributed by atoms with Crippen LogP contribution in [0.2, 0.25) is 0 Å². The second-order valence-corrected chi connectivity index (χ2v) is 7.06. The van der Waals surface area contributed by atoms with Crippen LogP contribution in [0.1, 0.15) is 27.6 Å². The third kappa shape index (κ3) is 3.43. The van der Waals surface area contributed by atoms with Gasteiger partial charge in [-0.1, -0.05) is 17.4 Å². The number of carbonyl (C=O) groups is 2. The first-order valence-corrected chi connectivity index (χ1v) is 9.21. The molecule has 3 aromatic rings. The summed E-state index contributed by atoms with van der Waals surface area (Å²) in [5.41, 5.74) is 1.85. The average Bonchev–Trinajstić information content (AvgIpc) is 2.99. The summed E-state index contributed by atoms with van der Waals surface area (Å²) in [5.74, 6) is -0.782. The van der Waals surface area contributed by atoms with Crippen molar-refractivity contribution < 1.29 is 14.3 Å². The number of methoxy groups -OCH3 is 1. The summed E-state index contributed by atoms with van der Waals surface area (Å²) >= 11 is 5.03. The highest BCUT2D eigenvalue weighted by Gasteiger charge is 2.11. The van der Waals surface area contributed by atoms with E-state index in [2.05, 4.69) is 25.7 Å². The zero-order valence-corrected chi connectivity index (χ0v) is 16.1. The number of aryl methyl sites for hydroxylation is 1. The molecule has 25 heavy (non-hydrogen) atoms. The van der Waals surface area contributed by atoms with E-state index < -0.39 is 5.97 Å². The van der Waals surface area contributed by atoms with Gasteiger partial charge in [0.25, 0.3) is 5.91 Å². The van der Waals surface area contributed by atoms with E-state index in [-0.39, 0.29) is 5.91 Å². The molecule has 0 saturated carbocycles. The van der Waals surface area contributed by atoms with Crippen molar-refractivity contribution in [2.45, 2.75) is 13.5 Å². The summed E-state index contributed by atoms with van der Waals surface area (Å²) in [6.07, 6.45) is 0. The lowest BCUT2D eigenvalue weighted by molar-refractivity contribution is 0.0600. The first-order valence-electron chi connectivity index (χ1n) is 7.60. The molecule has 0 aliphatic carbocycles. The molecular weight excluding hydrogens is 404 g/mol. The fourth-order valence-electron chi connectivity index (χ4n) is 2.48. The van der Waals surface area contributed by atoms with Crippen molar-refractivity contribution in [3.8, 4) is 0 Å². The highest BCUT2D eigenvalue weighted by Crippen LogP contribution is 2.25. The number of ether oxygens (including phenoxy) is 1. The van der Waals surface area contributed by atoms with Crippen LogP contribution in [0.4, 0.5) is 0 Å². The number of hydrogen-bond donors (Lipinski definition) is 0. The minimum absolute atomic E-state index is 0.346. The van der Waals surface area contributed by atoms with Crippen LogP contribution in [0.3, 0.4) is 0 Å². The smallest absolute Gasteiger partial charge is 0.337 e. The fourth-order valence-corrected chi connectivity index (χ4v) is 4.31. The van der Waals surface area contributed by atoms with Crippen molar-refractivity contribution >= 4 is 49.4 Å². The average molecular weight is 419 g/mol. The molecule has 0 bridgehead atoms. The van der Waals surface area contributed by atoms with Gasteiger partial charge in [-0.15, -0.1) is 0 Å². The maximum atomic E-state index is 12.5. The molecule has 0 fully saturated rings. The van der Waals surface area contributed by atoms with Crippen LogP contribution >= 0.6 is 27.3 Å². The van der Waals surface area contributed by atoms with Crippen LogP contribution in [0.25, 0.3) is 10.2 Å². The third-order valence-electron chi connectivity index (χ3n) is 3.72. The van der Waals surface area contributed by atoms with Crippen molar-refractivity contribution in [3.05, 3.63) is 62.9 Å². The van der Waals surface area contributed by atoms with Gasteiger partial charge in [-0.05, 0) is 59.3 Å². The van der Waals surface area contributed by atoms with Gasteiger partial charge in [-0.3, -0.25) is 4.79 Å². The summed E-state index contributed by atoms with van der Waals surface area (Å²) in [4.78, 5) is 28.9. The Bertz CT molecular complexity index is 1020. The molecule has 0 N–H and O–H groups in total. The zero-order chi connectivity index (χ0) is 18.0. The lowest BCUT2D eigenvalue weighted by atomic mass is 10.1. The van der Waals surface area contributed by atoms with Crippen LogP contribution in [0.15, 0.2) is 51.9 Å². The maximum Gasteiger partial charge on any atom is 0.337 e. The maximum absolute atomic E-state index is 12.5. The molecule has 0 radical (unpaired) electrons. The van der Waals surface area contributed by atoms with E-state index in [1.807, 2.05) is 29.7 Å². The first-order chi connectivity index (χ1) is 12.0. The molecule has 0 aliphatic heterocycles. The Hall–Kier alpha value is -2.25. The molecule has 0 unspecified atom stereocenters. The molecule has 128 valence electrons. The largest absolute Gasteiger partial charge is 0.465 e. The zero-order valence-electron chi connectivity index (χ0n) is 13.7. The molecular formula is C18H15BrN2O3S. The first kappa shape index (κ1) is 17.6. The second kappa shape index (κ2) is 7.33. The number of rotatable bonds is 3. The molecule has 0 saturated heterocycles. The minimum Gasteiger partial charge on any atom is -0.465 e. The van der Waals surface area contributed by atoms with Crippen LogP contribution < -0.4 is 4.80 Å². The predicted octanol–water partition coefficient (Wildman–Crippen LogP) is 4.01. The highest BCUT2D eigenvalue weighted by molar-refractivity contribution is 9.10. The normalized spacial score (nSPS) is 11.7. The minimum atomic E-state index is -0.436. The molecule has 1 aromatic heterocycles. The Morgan fingerprint density at radius 2 is 1.84 bits per heavy atom. The number of carbonyl (C=O) groups excluding carboxylic acids is 2. The van der Waals surface area contributed by atoms with E-state index in [9.17, 15) is 9.59 Å². The van der Waals surface area contributed by atoms with E-state index >= 15 is 0 Å². The van der Waals surface area contributed by atoms with Crippen molar-refractivity contribution in [2.24, 2.45) is 4.99 Å². The molecule has 5 nitrogen and oxygen atoms in total. The number of hydrogen-bond acceptors (Lipinski definition) is 4. The van der Waals surface area contributed by atoms with Gasteiger partial charge in [0.2, 0.25) is 0 Å². The van der Waals surface area contributed by atoms with Crippen molar-refractivity contribution in [1.82, 2.24) is 4.57 Å². The fraction of sp³-hybridized carbons (Fsp3) is 0.167. The quantitative estimate of drug-likeness (QED) is 0.603. The topological polar surface area (TPSA) is 60.7 Å². The van der Waals surface area contributed by atoms with E-state index in [0.717, 1.165) is 14.7 Å². The van der Waals surface area contributed by atoms with E-state index in [0.29, 0.717) is 22.5 Å². The molecule has 7 heteroatoms. The summed E-state index contributed by atoms with van der Waals surface area (Å²) in [6, 6.07) is 12.2. The van der Waals surface area contributed by atoms with Gasteiger partial charge in [0.1, 0.15) is 0 Å². The van der Waals surface area contributed by atoms with Gasteiger partial charge in [-0.2, -0.15) is 4.99 Å². The molecule has 1 amide bonds. The Morgan fingerprint density at radius 1 is 1.16 bits per heavy atom. The molecule has 0 spiro atoms. The van der Waals surface area contributed by atoms with E-state index in [4.69, 9.17) is 0 Å². The molecule has 0 aliphatic rings. The Labute approximate surface area is 156 Å². The molecule has 2 aromatic carbocycles. The number of amides is 1. The van der Waals surface area contributed by atoms with Gasteiger partial charge >= 0.3 is 5.97 Å². The van der Waals surface area contributed by atoms with Crippen molar-refractivity contribution in [3.63, 3.8) is 0 Å². The summed E-state index contributed by atoms with van der Waals surface area (Å²) < 4.78 is 8.69. The van der Waals surface area contributed by atoms with Crippen molar-refractivity contribution in [2.75, 3.05) is 7.11 Å². The lowest BCUT2D eigenvalue weighted by Crippen LogP contribution is -2.16. The summed E-state index contributed by atoms with van der Waals surface area (Å²) in [6.45, 7) is 2.72. The standard InChI is InChI=1S/C18H15BrN2O3S/c1-3-21-15-13(19)5-4-6-14(15)25-18(21)20-16(22)11-7-9-12(10-8-11)17(23)24-2/h4-10H,3H2,1-2H3. The van der Waals surface area contributed by atoms with Gasteiger partial charge in [0, 0.05) is 16.6 Å². The molecule has 0 atom stereocenters. The Balaban J connectivity index is 2.03. The number of esters is 1. The van der Waals surface area contributed by atoms with Crippen molar-refractivity contribution in [1.29, 1.82) is 0 Å². The van der Waals surface area contributed by atoms with E-state index in [1.54, 1.807) is 24.3 Å². The van der Waals surface area contributed by atoms with Crippen LogP contribution in [0, 0.1) is 0 Å². The van der Waals surface area contributed by atoms with Gasteiger partial charge in [-0.25, -0.2) is 4.79 Å². The van der Waals surface area contributed by atoms with Crippen LogP contribution in [0.5, 0.6) is 0 Å². The van der Waals surface area contributed by atoms with Crippen LogP contribution in [-0.2, 0) is 11.3 Å². The number of para-hydroxylation sites is 1. The number of benzene rings is 2. The molecule has 1 heterocycles. The third-order valence-corrected chi connectivity index (χ3v) is 5.40. The predicted molar refractivity (Wildman–Crippen MR) is 101 cm³/mol. The second-order valence-electron chi connectivity index (χ2n) is 5.20. The van der Waals surface area contributed by atoms with E-state index in [1.165, 1.54) is 18.4 Å². The summed E-state index contributed by atoms with van der Waals surface area (Å²) in [7, 11) is 1.32. The Morgan fingerprint density at radius 3 is 2.48 bits per heavy atom. The molecule has 3 rings (SSSR count). The monoisotopic (exact) mass is 418 g/mol. The number of thiazole rings is 1. The number of nitrogens with zero attached hydrogens (tertiary/aromatic N) is 2.